The van der Waals surface area contributed by atoms with E-state index in [1.54, 1.807) is 0 Å². The van der Waals surface area contributed by atoms with E-state index in [0.717, 1.165) is 36.0 Å². The monoisotopic (exact) mass is 299 g/mol. The summed E-state index contributed by atoms with van der Waals surface area (Å²) in [6.07, 6.45) is 4.32. The van der Waals surface area contributed by atoms with E-state index in [0.29, 0.717) is 23.6 Å². The molecule has 1 N–H and O–H groups in total. The molecule has 1 aromatic heterocycles. The molecular weight excluding hydrogens is 280 g/mol. The van der Waals surface area contributed by atoms with Gasteiger partial charge in [0.25, 0.3) is 5.76 Å². The van der Waals surface area contributed by atoms with Crippen LogP contribution in [0.15, 0.2) is 16.5 Å². The molecule has 0 spiro atoms. The van der Waals surface area contributed by atoms with Gasteiger partial charge in [-0.05, 0) is 55.1 Å². The van der Waals surface area contributed by atoms with Crippen molar-refractivity contribution in [3.8, 4) is 0 Å². The third-order valence-corrected chi connectivity index (χ3v) is 6.02. The summed E-state index contributed by atoms with van der Waals surface area (Å²) in [7, 11) is 0. The lowest BCUT2D eigenvalue weighted by Gasteiger charge is -2.09. The molecule has 110 valence electrons. The molecule has 3 aliphatic carbocycles. The molecule has 3 saturated carbocycles. The van der Waals surface area contributed by atoms with Gasteiger partial charge < -0.3 is 9.73 Å². The third kappa shape index (κ3) is 2.29. The Morgan fingerprint density at radius 3 is 2.60 bits per heavy atom. The van der Waals surface area contributed by atoms with Crippen molar-refractivity contribution < 1.29 is 13.2 Å². The van der Waals surface area contributed by atoms with E-state index in [1.165, 1.54) is 19.3 Å². The first-order valence-corrected chi connectivity index (χ1v) is 8.48. The molecular formula is C15H19F2NOS. The van der Waals surface area contributed by atoms with Crippen LogP contribution < -0.4 is 5.32 Å². The van der Waals surface area contributed by atoms with Crippen molar-refractivity contribution in [2.75, 3.05) is 0 Å². The number of thioether (sulfide) groups is 1. The fourth-order valence-electron chi connectivity index (χ4n) is 4.56. The predicted molar refractivity (Wildman–Crippen MR) is 74.4 cm³/mol. The highest BCUT2D eigenvalue weighted by atomic mass is 32.2. The van der Waals surface area contributed by atoms with E-state index in [4.69, 9.17) is 4.42 Å². The smallest absolute Gasteiger partial charge is 0.284 e. The van der Waals surface area contributed by atoms with Crippen LogP contribution in [0.3, 0.4) is 0 Å². The quantitative estimate of drug-likeness (QED) is 0.863. The zero-order valence-electron chi connectivity index (χ0n) is 11.2. The molecule has 0 radical (unpaired) electrons. The highest BCUT2D eigenvalue weighted by molar-refractivity contribution is 7.98. The van der Waals surface area contributed by atoms with Gasteiger partial charge in [0.05, 0.1) is 12.3 Å². The van der Waals surface area contributed by atoms with Gasteiger partial charge >= 0.3 is 0 Å². The number of nitrogens with one attached hydrogen (secondary N) is 1. The largest absolute Gasteiger partial charge is 0.464 e. The molecule has 2 bridgehead atoms. The summed E-state index contributed by atoms with van der Waals surface area (Å²) in [5, 5.41) is 3.61. The molecule has 0 aliphatic heterocycles. The van der Waals surface area contributed by atoms with Crippen LogP contribution in [0.1, 0.15) is 30.8 Å². The lowest BCUT2D eigenvalue weighted by Crippen LogP contribution is -2.22. The summed E-state index contributed by atoms with van der Waals surface area (Å²) < 4.78 is 29.8. The van der Waals surface area contributed by atoms with Gasteiger partial charge in [-0.2, -0.15) is 8.78 Å². The topological polar surface area (TPSA) is 25.2 Å². The summed E-state index contributed by atoms with van der Waals surface area (Å²) in [6, 6.07) is 4.40. The summed E-state index contributed by atoms with van der Waals surface area (Å²) in [5.74, 6) is 3.19. The maximum Gasteiger partial charge on any atom is 0.284 e. The normalized spacial score (nSPS) is 37.6. The number of rotatable bonds is 6. The fraction of sp³-hybridized carbons (Fsp3) is 0.733. The second-order valence-corrected chi connectivity index (χ2v) is 7.31. The fourth-order valence-corrected chi connectivity index (χ4v) is 5.00. The molecule has 0 saturated heterocycles. The molecule has 20 heavy (non-hydrogen) atoms. The van der Waals surface area contributed by atoms with Crippen LogP contribution in [0.25, 0.3) is 0 Å². The zero-order chi connectivity index (χ0) is 13.7. The summed E-state index contributed by atoms with van der Waals surface area (Å²) >= 11 is 0.609. The van der Waals surface area contributed by atoms with Crippen LogP contribution in [0.5, 0.6) is 0 Å². The van der Waals surface area contributed by atoms with Gasteiger partial charge in [-0.25, -0.2) is 0 Å². The van der Waals surface area contributed by atoms with Crippen molar-refractivity contribution in [3.63, 3.8) is 0 Å². The molecule has 3 fully saturated rings. The number of alkyl halides is 2. The van der Waals surface area contributed by atoms with Crippen molar-refractivity contribution in [1.29, 1.82) is 0 Å². The van der Waals surface area contributed by atoms with Gasteiger partial charge in [0.2, 0.25) is 0 Å². The Morgan fingerprint density at radius 1 is 1.20 bits per heavy atom. The van der Waals surface area contributed by atoms with E-state index in [1.807, 2.05) is 12.1 Å². The highest BCUT2D eigenvalue weighted by Crippen LogP contribution is 2.65. The Hall–Kier alpha value is -0.550. The maximum atomic E-state index is 12.1. The van der Waals surface area contributed by atoms with Crippen LogP contribution in [0.4, 0.5) is 8.78 Å². The third-order valence-electron chi connectivity index (χ3n) is 5.32. The van der Waals surface area contributed by atoms with Crippen molar-refractivity contribution in [2.24, 2.45) is 23.7 Å². The number of furan rings is 1. The van der Waals surface area contributed by atoms with Crippen LogP contribution in [0.2, 0.25) is 0 Å². The summed E-state index contributed by atoms with van der Waals surface area (Å²) in [6.45, 7) is 0.733. The molecule has 1 heterocycles. The van der Waals surface area contributed by atoms with E-state index >= 15 is 0 Å². The Kier molecular flexibility index (Phi) is 3.30. The molecule has 3 aliphatic rings. The maximum absolute atomic E-state index is 12.1. The van der Waals surface area contributed by atoms with E-state index < -0.39 is 5.76 Å². The number of hydrogen-bond acceptors (Lipinski definition) is 3. The Balaban J connectivity index is 1.26. The molecule has 1 aromatic rings. The first-order valence-electron chi connectivity index (χ1n) is 7.43. The van der Waals surface area contributed by atoms with Gasteiger partial charge in [-0.15, -0.1) is 0 Å². The molecule has 2 nitrogen and oxygen atoms in total. The van der Waals surface area contributed by atoms with Gasteiger partial charge in [-0.3, -0.25) is 0 Å². The van der Waals surface area contributed by atoms with Crippen molar-refractivity contribution in [1.82, 2.24) is 5.32 Å². The van der Waals surface area contributed by atoms with Crippen LogP contribution >= 0.6 is 11.8 Å². The standard InChI is InChI=1S/C15H19F2NOS/c16-15(17)20-7-11-4-3-10(19-11)6-18-14-12-8-1-2-9(5-8)13(12)14/h3-4,8-9,12-15,18H,1-2,5-7H2. The second kappa shape index (κ2) is 5.02. The van der Waals surface area contributed by atoms with Gasteiger partial charge in [-0.1, -0.05) is 11.8 Å². The average molecular weight is 299 g/mol. The summed E-state index contributed by atoms with van der Waals surface area (Å²) in [4.78, 5) is 0. The molecule has 0 amide bonds. The lowest BCUT2D eigenvalue weighted by molar-refractivity contribution is 0.251. The molecule has 4 unspecified atom stereocenters. The van der Waals surface area contributed by atoms with E-state index in [2.05, 4.69) is 5.32 Å². The minimum absolute atomic E-state index is 0.247. The first kappa shape index (κ1) is 13.1. The molecule has 4 rings (SSSR count). The molecule has 4 atom stereocenters. The number of halogens is 2. The van der Waals surface area contributed by atoms with Crippen LogP contribution in [-0.2, 0) is 12.3 Å². The van der Waals surface area contributed by atoms with E-state index in [-0.39, 0.29) is 5.75 Å². The zero-order valence-corrected chi connectivity index (χ0v) is 12.0. The number of hydrogen-bond donors (Lipinski definition) is 1. The SMILES string of the molecule is FC(F)SCc1ccc(CNC2C3C4CCC(C4)C23)o1. The van der Waals surface area contributed by atoms with Crippen molar-refractivity contribution >= 4 is 11.8 Å². The Labute approximate surface area is 121 Å². The van der Waals surface area contributed by atoms with E-state index in [9.17, 15) is 8.78 Å². The van der Waals surface area contributed by atoms with Gasteiger partial charge in [0, 0.05) is 6.04 Å². The Bertz CT molecular complexity index is 476. The van der Waals surface area contributed by atoms with Crippen LogP contribution in [0, 0.1) is 23.7 Å². The second-order valence-electron chi connectivity index (χ2n) is 6.33. The summed E-state index contributed by atoms with van der Waals surface area (Å²) in [5.41, 5.74) is 0. The number of fused-ring (bicyclic) bond motifs is 5. The highest BCUT2D eigenvalue weighted by Gasteiger charge is 2.64. The van der Waals surface area contributed by atoms with Gasteiger partial charge in [0.1, 0.15) is 11.5 Å². The first-order chi connectivity index (χ1) is 9.72. The average Bonchev–Trinajstić information content (AvgIpc) is 2.85. The Morgan fingerprint density at radius 2 is 1.90 bits per heavy atom. The minimum Gasteiger partial charge on any atom is -0.464 e. The molecule has 5 heteroatoms. The van der Waals surface area contributed by atoms with Crippen LogP contribution in [-0.4, -0.2) is 11.8 Å². The molecule has 0 aromatic carbocycles. The lowest BCUT2D eigenvalue weighted by atomic mass is 10.0. The van der Waals surface area contributed by atoms with Crippen molar-refractivity contribution in [2.45, 2.75) is 43.4 Å². The predicted octanol–water partition coefficient (Wildman–Crippen LogP) is 3.87. The minimum atomic E-state index is -2.33. The van der Waals surface area contributed by atoms with Crippen molar-refractivity contribution in [3.05, 3.63) is 23.7 Å². The van der Waals surface area contributed by atoms with Gasteiger partial charge in [0.15, 0.2) is 0 Å².